The smallest absolute Gasteiger partial charge is 0.269 e. The lowest BCUT2D eigenvalue weighted by Gasteiger charge is -2.10. The van der Waals surface area contributed by atoms with Crippen LogP contribution in [0.15, 0.2) is 55.0 Å². The normalized spacial score (nSPS) is 10.4. The second-order valence-corrected chi connectivity index (χ2v) is 5.84. The number of nitrogens with one attached hydrogen (secondary N) is 2. The van der Waals surface area contributed by atoms with Crippen molar-refractivity contribution in [2.24, 2.45) is 7.05 Å². The zero-order valence-corrected chi connectivity index (χ0v) is 14.6. The molecule has 0 saturated carbocycles. The van der Waals surface area contributed by atoms with Crippen molar-refractivity contribution in [1.29, 1.82) is 0 Å². The van der Waals surface area contributed by atoms with E-state index in [1.165, 1.54) is 10.9 Å². The van der Waals surface area contributed by atoms with Gasteiger partial charge in [0.2, 0.25) is 5.91 Å². The molecule has 132 valence electrons. The number of hydrogen-bond donors (Lipinski definition) is 2. The van der Waals surface area contributed by atoms with Gasteiger partial charge in [-0.3, -0.25) is 19.3 Å². The van der Waals surface area contributed by atoms with Gasteiger partial charge in [0.15, 0.2) is 0 Å². The van der Waals surface area contributed by atoms with Crippen LogP contribution in [-0.4, -0.2) is 33.1 Å². The van der Waals surface area contributed by atoms with Gasteiger partial charge in [0.25, 0.3) is 5.91 Å². The summed E-state index contributed by atoms with van der Waals surface area (Å²) in [6.45, 7) is 1.87. The fraction of sp³-hybridized carbons (Fsp3) is 0.158. The highest BCUT2D eigenvalue weighted by atomic mass is 16.2. The van der Waals surface area contributed by atoms with E-state index in [9.17, 15) is 9.59 Å². The average Bonchev–Trinajstić information content (AvgIpc) is 3.06. The molecule has 0 atom stereocenters. The van der Waals surface area contributed by atoms with Gasteiger partial charge in [0.1, 0.15) is 5.69 Å². The fourth-order valence-electron chi connectivity index (χ4n) is 2.65. The topological polar surface area (TPSA) is 88.9 Å². The first kappa shape index (κ1) is 17.3. The molecule has 0 aliphatic heterocycles. The van der Waals surface area contributed by atoms with Crippen LogP contribution in [0.1, 0.15) is 16.1 Å². The van der Waals surface area contributed by atoms with E-state index in [4.69, 9.17) is 0 Å². The van der Waals surface area contributed by atoms with Gasteiger partial charge in [-0.25, -0.2) is 0 Å². The molecule has 1 aromatic carbocycles. The Balaban J connectivity index is 1.60. The first-order valence-electron chi connectivity index (χ1n) is 8.11. The predicted octanol–water partition coefficient (Wildman–Crippen LogP) is 2.16. The highest BCUT2D eigenvalue weighted by Gasteiger charge is 2.11. The summed E-state index contributed by atoms with van der Waals surface area (Å²) in [5, 5.41) is 9.29. The molecule has 0 bridgehead atoms. The number of benzene rings is 1. The molecule has 2 amide bonds. The number of aryl methyl sites for hydroxylation is 2. The molecule has 0 saturated heterocycles. The van der Waals surface area contributed by atoms with Crippen LogP contribution in [0.2, 0.25) is 0 Å². The van der Waals surface area contributed by atoms with Crippen molar-refractivity contribution < 1.29 is 9.59 Å². The number of carbonyl (C=O) groups excluding carboxylic acids is 2. The van der Waals surface area contributed by atoms with Gasteiger partial charge >= 0.3 is 0 Å². The Labute approximate surface area is 151 Å². The number of aromatic nitrogens is 3. The van der Waals surface area contributed by atoms with Crippen LogP contribution in [0.5, 0.6) is 0 Å². The highest BCUT2D eigenvalue weighted by molar-refractivity contribution is 5.98. The molecule has 0 aliphatic carbocycles. The van der Waals surface area contributed by atoms with Crippen LogP contribution < -0.4 is 10.6 Å². The Kier molecular flexibility index (Phi) is 5.07. The molecule has 2 aromatic heterocycles. The molecule has 7 heteroatoms. The van der Waals surface area contributed by atoms with Gasteiger partial charge in [-0.15, -0.1) is 0 Å². The quantitative estimate of drug-likeness (QED) is 0.739. The summed E-state index contributed by atoms with van der Waals surface area (Å²) in [6.07, 6.45) is 5.02. The summed E-state index contributed by atoms with van der Waals surface area (Å²) >= 11 is 0. The summed E-state index contributed by atoms with van der Waals surface area (Å²) in [5.74, 6) is -0.638. The van der Waals surface area contributed by atoms with Crippen LogP contribution in [0.25, 0.3) is 11.1 Å². The van der Waals surface area contributed by atoms with Crippen molar-refractivity contribution in [3.05, 3.63) is 66.2 Å². The van der Waals surface area contributed by atoms with E-state index in [1.54, 1.807) is 25.5 Å². The number of hydrogen-bond acceptors (Lipinski definition) is 4. The minimum absolute atomic E-state index is 0.116. The Morgan fingerprint density at radius 2 is 1.85 bits per heavy atom. The molecule has 0 radical (unpaired) electrons. The molecule has 2 heterocycles. The van der Waals surface area contributed by atoms with Crippen LogP contribution in [0.4, 0.5) is 5.69 Å². The Hall–Kier alpha value is -3.48. The number of amides is 2. The number of carbonyl (C=O) groups is 2. The second-order valence-electron chi connectivity index (χ2n) is 5.84. The highest BCUT2D eigenvalue weighted by Crippen LogP contribution is 2.25. The van der Waals surface area contributed by atoms with E-state index in [0.29, 0.717) is 11.4 Å². The van der Waals surface area contributed by atoms with Crippen molar-refractivity contribution in [3.8, 4) is 11.1 Å². The SMILES string of the molecule is Cc1cc(NC(=O)CNC(=O)c2ccnn2C)ccc1-c1ccncc1. The third-order valence-corrected chi connectivity index (χ3v) is 3.96. The van der Waals surface area contributed by atoms with Gasteiger partial charge in [-0.05, 0) is 53.9 Å². The molecular formula is C19H19N5O2. The summed E-state index contributed by atoms with van der Waals surface area (Å²) < 4.78 is 1.45. The van der Waals surface area contributed by atoms with Crippen LogP contribution in [-0.2, 0) is 11.8 Å². The second kappa shape index (κ2) is 7.60. The van der Waals surface area contributed by atoms with Gasteiger partial charge < -0.3 is 10.6 Å². The molecule has 0 fully saturated rings. The summed E-state index contributed by atoms with van der Waals surface area (Å²) in [7, 11) is 1.67. The maximum atomic E-state index is 12.1. The van der Waals surface area contributed by atoms with Gasteiger partial charge in [-0.1, -0.05) is 6.07 Å². The third kappa shape index (κ3) is 3.94. The largest absolute Gasteiger partial charge is 0.342 e. The average molecular weight is 349 g/mol. The van der Waals surface area contributed by atoms with Gasteiger partial charge in [-0.2, -0.15) is 5.10 Å². The molecule has 3 aromatic rings. The van der Waals surface area contributed by atoms with Crippen molar-refractivity contribution in [3.63, 3.8) is 0 Å². The Morgan fingerprint density at radius 1 is 1.08 bits per heavy atom. The van der Waals surface area contributed by atoms with Crippen LogP contribution in [0.3, 0.4) is 0 Å². The Morgan fingerprint density at radius 3 is 2.50 bits per heavy atom. The first-order valence-corrected chi connectivity index (χ1v) is 8.11. The van der Waals surface area contributed by atoms with E-state index in [-0.39, 0.29) is 18.4 Å². The van der Waals surface area contributed by atoms with Crippen molar-refractivity contribution in [2.75, 3.05) is 11.9 Å². The summed E-state index contributed by atoms with van der Waals surface area (Å²) in [6, 6.07) is 11.2. The van der Waals surface area contributed by atoms with Crippen molar-refractivity contribution in [2.45, 2.75) is 6.92 Å². The maximum Gasteiger partial charge on any atom is 0.269 e. The monoisotopic (exact) mass is 349 g/mol. The lowest BCUT2D eigenvalue weighted by molar-refractivity contribution is -0.115. The van der Waals surface area contributed by atoms with Crippen molar-refractivity contribution in [1.82, 2.24) is 20.1 Å². The van der Waals surface area contributed by atoms with E-state index < -0.39 is 0 Å². The fourth-order valence-corrected chi connectivity index (χ4v) is 2.65. The van der Waals surface area contributed by atoms with Crippen LogP contribution in [0, 0.1) is 6.92 Å². The van der Waals surface area contributed by atoms with E-state index in [2.05, 4.69) is 20.7 Å². The molecule has 0 aliphatic rings. The Bertz CT molecular complexity index is 934. The lowest BCUT2D eigenvalue weighted by atomic mass is 10.0. The lowest BCUT2D eigenvalue weighted by Crippen LogP contribution is -2.33. The number of nitrogens with zero attached hydrogens (tertiary/aromatic N) is 3. The molecule has 2 N–H and O–H groups in total. The van der Waals surface area contributed by atoms with E-state index in [0.717, 1.165) is 16.7 Å². The number of anilines is 1. The van der Waals surface area contributed by atoms with Crippen LogP contribution >= 0.6 is 0 Å². The molecule has 0 unspecified atom stereocenters. The first-order chi connectivity index (χ1) is 12.5. The molecule has 3 rings (SSSR count). The molecular weight excluding hydrogens is 330 g/mol. The minimum atomic E-state index is -0.343. The maximum absolute atomic E-state index is 12.1. The van der Waals surface area contributed by atoms with Gasteiger partial charge in [0.05, 0.1) is 6.54 Å². The standard InChI is InChI=1S/C19H19N5O2/c1-13-11-15(3-4-16(13)14-5-8-20-9-6-14)23-18(25)12-21-19(26)17-7-10-22-24(17)2/h3-11H,12H2,1-2H3,(H,21,26)(H,23,25). The molecule has 7 nitrogen and oxygen atoms in total. The number of rotatable bonds is 5. The summed E-state index contributed by atoms with van der Waals surface area (Å²) in [4.78, 5) is 28.1. The predicted molar refractivity (Wildman–Crippen MR) is 98.6 cm³/mol. The number of pyridine rings is 1. The third-order valence-electron chi connectivity index (χ3n) is 3.96. The summed E-state index contributed by atoms with van der Waals surface area (Å²) in [5.41, 5.74) is 4.26. The van der Waals surface area contributed by atoms with E-state index in [1.807, 2.05) is 37.3 Å². The van der Waals surface area contributed by atoms with Gasteiger partial charge in [0, 0.05) is 31.3 Å². The minimum Gasteiger partial charge on any atom is -0.342 e. The zero-order valence-electron chi connectivity index (χ0n) is 14.6. The zero-order chi connectivity index (χ0) is 18.5. The molecule has 0 spiro atoms. The van der Waals surface area contributed by atoms with Crippen molar-refractivity contribution >= 4 is 17.5 Å². The molecule has 26 heavy (non-hydrogen) atoms. The van der Waals surface area contributed by atoms with E-state index >= 15 is 0 Å².